The molecule has 0 saturated heterocycles. The molecule has 1 N–H and O–H groups in total. The molecule has 0 radical (unpaired) electrons. The Hall–Kier alpha value is -1.61. The molecule has 2 aromatic carbocycles. The second kappa shape index (κ2) is 8.39. The number of rotatable bonds is 5. The highest BCUT2D eigenvalue weighted by molar-refractivity contribution is 6.30. The van der Waals surface area contributed by atoms with Crippen LogP contribution >= 0.6 is 11.6 Å². The molecule has 2 unspecified atom stereocenters. The molecule has 26 heavy (non-hydrogen) atoms. The first-order valence-electron chi connectivity index (χ1n) is 9.35. The van der Waals surface area contributed by atoms with Crippen LogP contribution in [0.2, 0.25) is 5.02 Å². The molecule has 3 rings (SSSR count). The summed E-state index contributed by atoms with van der Waals surface area (Å²) in [5.41, 5.74) is 2.53. The van der Waals surface area contributed by atoms with Crippen LogP contribution in [-0.4, -0.2) is 36.2 Å². The first-order valence-corrected chi connectivity index (χ1v) is 9.73. The summed E-state index contributed by atoms with van der Waals surface area (Å²) >= 11 is 6.19. The Labute approximate surface area is 162 Å². The van der Waals surface area contributed by atoms with Crippen LogP contribution in [-0.2, 0) is 6.42 Å². The van der Waals surface area contributed by atoms with Gasteiger partial charge in [-0.3, -0.25) is 0 Å². The third kappa shape index (κ3) is 4.56. The molecule has 1 aliphatic carbocycles. The van der Waals surface area contributed by atoms with Gasteiger partial charge in [0.1, 0.15) is 0 Å². The van der Waals surface area contributed by atoms with E-state index in [1.165, 1.54) is 0 Å². The van der Waals surface area contributed by atoms with Gasteiger partial charge in [0.05, 0.1) is 5.60 Å². The monoisotopic (exact) mass is 369 g/mol. The van der Waals surface area contributed by atoms with E-state index in [0.29, 0.717) is 6.42 Å². The molecule has 0 spiro atoms. The van der Waals surface area contributed by atoms with Crippen molar-refractivity contribution < 1.29 is 5.11 Å². The number of benzene rings is 2. The number of hydrogen-bond donors (Lipinski definition) is 1. The van der Waals surface area contributed by atoms with Crippen LogP contribution in [0.5, 0.6) is 0 Å². The average molecular weight is 370 g/mol. The molecule has 138 valence electrons. The molecule has 0 amide bonds. The van der Waals surface area contributed by atoms with E-state index in [9.17, 15) is 5.11 Å². The molecule has 0 aromatic heterocycles. The fourth-order valence-electron chi connectivity index (χ4n) is 4.10. The fraction of sp³-hybridized carbons (Fsp3) is 0.391. The van der Waals surface area contributed by atoms with Gasteiger partial charge >= 0.3 is 0 Å². The maximum Gasteiger partial charge on any atom is 0.0940 e. The van der Waals surface area contributed by atoms with Crippen LogP contribution in [0.4, 0.5) is 0 Å². The highest BCUT2D eigenvalue weighted by Crippen LogP contribution is 2.42. The minimum absolute atomic E-state index is 0.209. The Morgan fingerprint density at radius 3 is 2.62 bits per heavy atom. The van der Waals surface area contributed by atoms with Gasteiger partial charge in [-0.25, -0.2) is 0 Å². The van der Waals surface area contributed by atoms with Crippen molar-refractivity contribution >= 4 is 17.7 Å². The molecule has 0 bridgehead atoms. The Balaban J connectivity index is 1.99. The van der Waals surface area contributed by atoms with Crippen LogP contribution in [0.15, 0.2) is 60.2 Å². The van der Waals surface area contributed by atoms with Crippen LogP contribution < -0.4 is 0 Å². The van der Waals surface area contributed by atoms with Crippen molar-refractivity contribution in [3.8, 4) is 0 Å². The lowest BCUT2D eigenvalue weighted by molar-refractivity contribution is -0.0123. The fourth-order valence-corrected chi connectivity index (χ4v) is 4.32. The molecule has 2 aromatic rings. The highest BCUT2D eigenvalue weighted by atomic mass is 35.5. The zero-order valence-electron chi connectivity index (χ0n) is 15.7. The van der Waals surface area contributed by atoms with E-state index >= 15 is 0 Å². The summed E-state index contributed by atoms with van der Waals surface area (Å²) in [5, 5.41) is 12.6. The summed E-state index contributed by atoms with van der Waals surface area (Å²) in [6, 6.07) is 18.2. The molecule has 1 fully saturated rings. The van der Waals surface area contributed by atoms with Gasteiger partial charge in [0.25, 0.3) is 0 Å². The van der Waals surface area contributed by atoms with E-state index in [-0.39, 0.29) is 5.92 Å². The van der Waals surface area contributed by atoms with Gasteiger partial charge in [0, 0.05) is 23.9 Å². The third-order valence-corrected chi connectivity index (χ3v) is 5.55. The average Bonchev–Trinajstić information content (AvgIpc) is 2.59. The number of halogens is 1. The Morgan fingerprint density at radius 2 is 1.92 bits per heavy atom. The summed E-state index contributed by atoms with van der Waals surface area (Å²) in [7, 11) is 4.16. The SMILES string of the molecule is CN(C)CC1CCC/C(=C/c2ccccc2)C1(O)Cc1cccc(Cl)c1. The van der Waals surface area contributed by atoms with Crippen molar-refractivity contribution in [2.75, 3.05) is 20.6 Å². The predicted molar refractivity (Wildman–Crippen MR) is 110 cm³/mol. The van der Waals surface area contributed by atoms with Crippen molar-refractivity contribution in [3.05, 3.63) is 76.3 Å². The first kappa shape index (κ1) is 19.2. The minimum atomic E-state index is -0.844. The van der Waals surface area contributed by atoms with Gasteiger partial charge in [-0.2, -0.15) is 0 Å². The van der Waals surface area contributed by atoms with Crippen molar-refractivity contribution in [2.45, 2.75) is 31.3 Å². The van der Waals surface area contributed by atoms with Crippen LogP contribution in [0.3, 0.4) is 0 Å². The van der Waals surface area contributed by atoms with E-state index in [2.05, 4.69) is 43.3 Å². The lowest BCUT2D eigenvalue weighted by Crippen LogP contribution is -2.48. The van der Waals surface area contributed by atoms with E-state index < -0.39 is 5.60 Å². The van der Waals surface area contributed by atoms with E-state index in [0.717, 1.165) is 47.5 Å². The number of nitrogens with zero attached hydrogens (tertiary/aromatic N) is 1. The van der Waals surface area contributed by atoms with Crippen LogP contribution in [0.25, 0.3) is 6.08 Å². The molecule has 1 saturated carbocycles. The minimum Gasteiger partial charge on any atom is -0.385 e. The van der Waals surface area contributed by atoms with Gasteiger partial charge < -0.3 is 10.0 Å². The van der Waals surface area contributed by atoms with Crippen molar-refractivity contribution in [1.29, 1.82) is 0 Å². The van der Waals surface area contributed by atoms with Crippen molar-refractivity contribution in [3.63, 3.8) is 0 Å². The highest BCUT2D eigenvalue weighted by Gasteiger charge is 2.42. The topological polar surface area (TPSA) is 23.5 Å². The van der Waals surface area contributed by atoms with Crippen LogP contribution in [0, 0.1) is 5.92 Å². The Morgan fingerprint density at radius 1 is 1.15 bits per heavy atom. The van der Waals surface area contributed by atoms with Crippen molar-refractivity contribution in [2.24, 2.45) is 5.92 Å². The zero-order chi connectivity index (χ0) is 18.6. The van der Waals surface area contributed by atoms with Gasteiger partial charge in [-0.1, -0.05) is 60.1 Å². The Bertz CT molecular complexity index is 756. The smallest absolute Gasteiger partial charge is 0.0940 e. The standard InChI is InChI=1S/C23H28ClNO/c1-25(2)17-21-12-7-11-20(14-18-8-4-3-5-9-18)23(21,26)16-19-10-6-13-22(24)15-19/h3-6,8-10,13-15,21,26H,7,11-12,16-17H2,1-2H3/b20-14-. The number of aliphatic hydroxyl groups is 1. The van der Waals surface area contributed by atoms with Crippen molar-refractivity contribution in [1.82, 2.24) is 4.90 Å². The molecule has 3 heteroatoms. The summed E-state index contributed by atoms with van der Waals surface area (Å²) in [4.78, 5) is 2.18. The maximum absolute atomic E-state index is 11.9. The second-order valence-electron chi connectivity index (χ2n) is 7.66. The van der Waals surface area contributed by atoms with E-state index in [1.807, 2.05) is 36.4 Å². The Kier molecular flexibility index (Phi) is 6.18. The predicted octanol–water partition coefficient (Wildman–Crippen LogP) is 5.06. The molecule has 2 nitrogen and oxygen atoms in total. The summed E-state index contributed by atoms with van der Waals surface area (Å²) in [6.45, 7) is 0.878. The summed E-state index contributed by atoms with van der Waals surface area (Å²) in [5.74, 6) is 0.209. The summed E-state index contributed by atoms with van der Waals surface area (Å²) < 4.78 is 0. The van der Waals surface area contributed by atoms with Gasteiger partial charge in [-0.05, 0) is 62.2 Å². The normalized spacial score (nSPS) is 25.0. The summed E-state index contributed by atoms with van der Waals surface area (Å²) in [6.07, 6.45) is 5.89. The largest absolute Gasteiger partial charge is 0.385 e. The molecule has 1 aliphatic rings. The molecular formula is C23H28ClNO. The van der Waals surface area contributed by atoms with Crippen LogP contribution in [0.1, 0.15) is 30.4 Å². The number of hydrogen-bond acceptors (Lipinski definition) is 2. The van der Waals surface area contributed by atoms with E-state index in [1.54, 1.807) is 0 Å². The first-order chi connectivity index (χ1) is 12.5. The lowest BCUT2D eigenvalue weighted by Gasteiger charge is -2.43. The quantitative estimate of drug-likeness (QED) is 0.796. The molecule has 2 atom stereocenters. The van der Waals surface area contributed by atoms with E-state index in [4.69, 9.17) is 11.6 Å². The third-order valence-electron chi connectivity index (χ3n) is 5.32. The lowest BCUT2D eigenvalue weighted by atomic mass is 9.68. The van der Waals surface area contributed by atoms with Gasteiger partial charge in [0.15, 0.2) is 0 Å². The van der Waals surface area contributed by atoms with Gasteiger partial charge in [-0.15, -0.1) is 0 Å². The molecule has 0 heterocycles. The second-order valence-corrected chi connectivity index (χ2v) is 8.10. The van der Waals surface area contributed by atoms with Gasteiger partial charge in [0.2, 0.25) is 0 Å². The maximum atomic E-state index is 11.9. The zero-order valence-corrected chi connectivity index (χ0v) is 16.4. The molecular weight excluding hydrogens is 342 g/mol. The molecule has 0 aliphatic heterocycles.